The zero-order valence-electron chi connectivity index (χ0n) is 9.85. The Bertz CT molecular complexity index is 320. The number of nitrogen functional groups attached to an aromatic ring is 1. The largest absolute Gasteiger partial charge is 0.388 e. The molecule has 0 saturated heterocycles. The highest BCUT2D eigenvalue weighted by atomic mass is 32.1. The Morgan fingerprint density at radius 2 is 2.12 bits per heavy atom. The molecule has 0 bridgehead atoms. The minimum Gasteiger partial charge on any atom is -0.388 e. The van der Waals surface area contributed by atoms with Crippen molar-refractivity contribution in [1.82, 2.24) is 14.5 Å². The lowest BCUT2D eigenvalue weighted by atomic mass is 9.94. The van der Waals surface area contributed by atoms with Crippen molar-refractivity contribution in [3.05, 3.63) is 5.69 Å². The van der Waals surface area contributed by atoms with Crippen LogP contribution in [0.25, 0.3) is 0 Å². The second-order valence-electron chi connectivity index (χ2n) is 4.44. The first-order chi connectivity index (χ1) is 7.81. The highest BCUT2D eigenvalue weighted by molar-refractivity contribution is 7.09. The third-order valence-corrected chi connectivity index (χ3v) is 4.03. The summed E-state index contributed by atoms with van der Waals surface area (Å²) in [5, 5.41) is 4.87. The fraction of sp³-hybridized carbons (Fsp3) is 0.818. The van der Waals surface area contributed by atoms with E-state index in [0.29, 0.717) is 0 Å². The standard InChI is InChI=1S/C11H20N4S/c1-2-15(9-6-4-3-5-7-9)8-10-11(12)16-14-13-10/h9H,2-8,12H2,1H3. The maximum atomic E-state index is 5.84. The van der Waals surface area contributed by atoms with E-state index in [4.69, 9.17) is 5.73 Å². The Kier molecular flexibility index (Phi) is 4.12. The predicted molar refractivity (Wildman–Crippen MR) is 67.3 cm³/mol. The van der Waals surface area contributed by atoms with Crippen molar-refractivity contribution >= 4 is 16.5 Å². The van der Waals surface area contributed by atoms with Crippen molar-refractivity contribution in [2.45, 2.75) is 51.6 Å². The molecule has 2 N–H and O–H groups in total. The monoisotopic (exact) mass is 240 g/mol. The van der Waals surface area contributed by atoms with E-state index in [9.17, 15) is 0 Å². The normalized spacial score (nSPS) is 18.1. The molecule has 1 aliphatic carbocycles. The summed E-state index contributed by atoms with van der Waals surface area (Å²) in [4.78, 5) is 2.49. The fourth-order valence-electron chi connectivity index (χ4n) is 2.46. The van der Waals surface area contributed by atoms with Crippen LogP contribution >= 0.6 is 11.5 Å². The maximum absolute atomic E-state index is 5.84. The van der Waals surface area contributed by atoms with Crippen LogP contribution in [-0.4, -0.2) is 27.1 Å². The van der Waals surface area contributed by atoms with Gasteiger partial charge in [0.15, 0.2) is 0 Å². The molecule has 0 aliphatic heterocycles. The van der Waals surface area contributed by atoms with E-state index < -0.39 is 0 Å². The molecule has 5 heteroatoms. The number of rotatable bonds is 4. The van der Waals surface area contributed by atoms with Gasteiger partial charge >= 0.3 is 0 Å². The highest BCUT2D eigenvalue weighted by Gasteiger charge is 2.21. The van der Waals surface area contributed by atoms with Crippen molar-refractivity contribution in [2.75, 3.05) is 12.3 Å². The van der Waals surface area contributed by atoms with E-state index >= 15 is 0 Å². The molecule has 0 aromatic carbocycles. The summed E-state index contributed by atoms with van der Waals surface area (Å²) in [5.41, 5.74) is 6.80. The Labute approximate surface area is 101 Å². The number of aromatic nitrogens is 2. The van der Waals surface area contributed by atoms with Crippen molar-refractivity contribution in [1.29, 1.82) is 0 Å². The molecule has 0 unspecified atom stereocenters. The molecule has 4 nitrogen and oxygen atoms in total. The molecule has 2 rings (SSSR count). The van der Waals surface area contributed by atoms with Gasteiger partial charge in [0, 0.05) is 24.1 Å². The van der Waals surface area contributed by atoms with Gasteiger partial charge in [-0.1, -0.05) is 30.7 Å². The minimum absolute atomic E-state index is 0.722. The Morgan fingerprint density at radius 3 is 2.69 bits per heavy atom. The van der Waals surface area contributed by atoms with E-state index in [-0.39, 0.29) is 0 Å². The molecule has 1 aromatic rings. The predicted octanol–water partition coefficient (Wildman–Crippen LogP) is 2.27. The van der Waals surface area contributed by atoms with Crippen LogP contribution in [0.2, 0.25) is 0 Å². The van der Waals surface area contributed by atoms with E-state index in [0.717, 1.165) is 29.8 Å². The first-order valence-electron chi connectivity index (χ1n) is 6.12. The Balaban J connectivity index is 1.97. The average molecular weight is 240 g/mol. The van der Waals surface area contributed by atoms with E-state index in [1.165, 1.54) is 43.6 Å². The number of hydrogen-bond acceptors (Lipinski definition) is 5. The van der Waals surface area contributed by atoms with Crippen LogP contribution in [0.5, 0.6) is 0 Å². The fourth-order valence-corrected chi connectivity index (χ4v) is 2.90. The van der Waals surface area contributed by atoms with Gasteiger partial charge < -0.3 is 5.73 Å². The lowest BCUT2D eigenvalue weighted by molar-refractivity contribution is 0.154. The van der Waals surface area contributed by atoms with Gasteiger partial charge in [0.05, 0.1) is 0 Å². The molecule has 16 heavy (non-hydrogen) atoms. The van der Waals surface area contributed by atoms with Crippen LogP contribution < -0.4 is 5.73 Å². The van der Waals surface area contributed by atoms with E-state index in [1.54, 1.807) is 0 Å². The second kappa shape index (κ2) is 5.59. The van der Waals surface area contributed by atoms with Gasteiger partial charge in [0.1, 0.15) is 10.7 Å². The lowest BCUT2D eigenvalue weighted by Gasteiger charge is -2.32. The molecule has 90 valence electrons. The third-order valence-electron chi connectivity index (χ3n) is 3.44. The van der Waals surface area contributed by atoms with Crippen LogP contribution in [0.1, 0.15) is 44.7 Å². The molecule has 0 spiro atoms. The summed E-state index contributed by atoms with van der Waals surface area (Å²) in [6.07, 6.45) is 6.78. The second-order valence-corrected chi connectivity index (χ2v) is 5.22. The van der Waals surface area contributed by atoms with Gasteiger partial charge in [-0.3, -0.25) is 4.90 Å². The summed E-state index contributed by atoms with van der Waals surface area (Å²) in [7, 11) is 0. The van der Waals surface area contributed by atoms with Crippen LogP contribution in [0, 0.1) is 0 Å². The Morgan fingerprint density at radius 1 is 1.38 bits per heavy atom. The van der Waals surface area contributed by atoms with Crippen molar-refractivity contribution in [3.8, 4) is 0 Å². The molecule has 1 saturated carbocycles. The third kappa shape index (κ3) is 2.71. The van der Waals surface area contributed by atoms with Crippen molar-refractivity contribution in [3.63, 3.8) is 0 Å². The number of hydrogen-bond donors (Lipinski definition) is 1. The van der Waals surface area contributed by atoms with Crippen LogP contribution in [0.4, 0.5) is 5.00 Å². The first kappa shape index (κ1) is 11.8. The molecule has 1 fully saturated rings. The van der Waals surface area contributed by atoms with Gasteiger partial charge in [0.2, 0.25) is 0 Å². The smallest absolute Gasteiger partial charge is 0.132 e. The summed E-state index contributed by atoms with van der Waals surface area (Å²) in [6, 6.07) is 0.722. The zero-order valence-corrected chi connectivity index (χ0v) is 10.7. The molecule has 0 radical (unpaired) electrons. The van der Waals surface area contributed by atoms with Crippen molar-refractivity contribution < 1.29 is 0 Å². The molecule has 0 atom stereocenters. The van der Waals surface area contributed by atoms with Crippen LogP contribution in [0.15, 0.2) is 0 Å². The number of nitrogens with zero attached hydrogens (tertiary/aromatic N) is 3. The number of anilines is 1. The minimum atomic E-state index is 0.722. The zero-order chi connectivity index (χ0) is 11.4. The molecule has 1 aromatic heterocycles. The van der Waals surface area contributed by atoms with Crippen LogP contribution in [0.3, 0.4) is 0 Å². The van der Waals surface area contributed by atoms with Gasteiger partial charge in [-0.25, -0.2) is 0 Å². The average Bonchev–Trinajstić information content (AvgIpc) is 2.73. The summed E-state index contributed by atoms with van der Waals surface area (Å²) in [6.45, 7) is 4.15. The molecule has 1 heterocycles. The van der Waals surface area contributed by atoms with Crippen LogP contribution in [-0.2, 0) is 6.54 Å². The topological polar surface area (TPSA) is 55.0 Å². The Hall–Kier alpha value is -0.680. The highest BCUT2D eigenvalue weighted by Crippen LogP contribution is 2.25. The molecular weight excluding hydrogens is 220 g/mol. The summed E-state index contributed by atoms with van der Waals surface area (Å²) in [5.74, 6) is 0. The lowest BCUT2D eigenvalue weighted by Crippen LogP contribution is -2.36. The molecular formula is C11H20N4S. The van der Waals surface area contributed by atoms with Gasteiger partial charge in [-0.15, -0.1) is 5.10 Å². The number of nitrogens with two attached hydrogens (primary N) is 1. The van der Waals surface area contributed by atoms with Gasteiger partial charge in [-0.2, -0.15) is 0 Å². The SMILES string of the molecule is CCN(Cc1nnsc1N)C1CCCCC1. The van der Waals surface area contributed by atoms with E-state index in [1.807, 2.05) is 0 Å². The quantitative estimate of drug-likeness (QED) is 0.877. The molecule has 0 amide bonds. The summed E-state index contributed by atoms with van der Waals surface area (Å²) < 4.78 is 3.89. The van der Waals surface area contributed by atoms with E-state index in [2.05, 4.69) is 21.4 Å². The van der Waals surface area contributed by atoms with Gasteiger partial charge in [0.25, 0.3) is 0 Å². The maximum Gasteiger partial charge on any atom is 0.132 e. The summed E-state index contributed by atoms with van der Waals surface area (Å²) >= 11 is 1.29. The van der Waals surface area contributed by atoms with Gasteiger partial charge in [-0.05, 0) is 19.4 Å². The van der Waals surface area contributed by atoms with Crippen molar-refractivity contribution in [2.24, 2.45) is 0 Å². The first-order valence-corrected chi connectivity index (χ1v) is 6.89. The molecule has 1 aliphatic rings.